The average molecular weight is 375 g/mol. The lowest BCUT2D eigenvalue weighted by Crippen LogP contribution is -1.93. The Balaban J connectivity index is 3.25. The summed E-state index contributed by atoms with van der Waals surface area (Å²) >= 11 is 0. The fourth-order valence-corrected chi connectivity index (χ4v) is 3.11. The van der Waals surface area contributed by atoms with Gasteiger partial charge >= 0.3 is 5.97 Å². The molecule has 0 amide bonds. The second-order valence-electron chi connectivity index (χ2n) is 7.55. The maximum Gasteiger partial charge on any atom is 0.303 e. The molecule has 0 bridgehead atoms. The number of hydrogen-bond acceptors (Lipinski definition) is 1. The summed E-state index contributed by atoms with van der Waals surface area (Å²) in [5.41, 5.74) is 0. The van der Waals surface area contributed by atoms with E-state index in [1.54, 1.807) is 0 Å². The van der Waals surface area contributed by atoms with E-state index in [1.807, 2.05) is 0 Å². The van der Waals surface area contributed by atoms with Crippen LogP contribution in [0.2, 0.25) is 0 Å². The molecule has 0 aromatic heterocycles. The SMILES string of the molecule is CCCCCCCCCCCC#CC#CCCCCCCCCCC(=O)O. The van der Waals surface area contributed by atoms with Crippen LogP contribution >= 0.6 is 0 Å². The molecule has 0 aliphatic heterocycles. The van der Waals surface area contributed by atoms with Gasteiger partial charge in [0.25, 0.3) is 0 Å². The maximum atomic E-state index is 10.4. The van der Waals surface area contributed by atoms with Crippen LogP contribution in [0, 0.1) is 23.7 Å². The van der Waals surface area contributed by atoms with Crippen molar-refractivity contribution < 1.29 is 9.90 Å². The molecule has 27 heavy (non-hydrogen) atoms. The van der Waals surface area contributed by atoms with Crippen molar-refractivity contribution in [1.82, 2.24) is 0 Å². The van der Waals surface area contributed by atoms with Crippen LogP contribution in [0.4, 0.5) is 0 Å². The minimum atomic E-state index is -0.676. The highest BCUT2D eigenvalue weighted by Gasteiger charge is 1.96. The summed E-state index contributed by atoms with van der Waals surface area (Å²) in [6, 6.07) is 0. The molecule has 0 aromatic carbocycles. The smallest absolute Gasteiger partial charge is 0.303 e. The van der Waals surface area contributed by atoms with Gasteiger partial charge in [-0.25, -0.2) is 0 Å². The molecule has 1 N–H and O–H groups in total. The Labute approximate surface area is 168 Å². The lowest BCUT2D eigenvalue weighted by Gasteiger charge is -1.99. The van der Waals surface area contributed by atoms with E-state index in [9.17, 15) is 4.79 Å². The van der Waals surface area contributed by atoms with Crippen molar-refractivity contribution in [3.8, 4) is 23.7 Å². The van der Waals surface area contributed by atoms with E-state index in [0.29, 0.717) is 6.42 Å². The Kier molecular flexibility index (Phi) is 21.4. The Morgan fingerprint density at radius 3 is 1.37 bits per heavy atom. The summed E-state index contributed by atoms with van der Waals surface area (Å²) in [5.74, 6) is 11.6. The average Bonchev–Trinajstić information content (AvgIpc) is 2.65. The van der Waals surface area contributed by atoms with Gasteiger partial charge in [-0.2, -0.15) is 0 Å². The van der Waals surface area contributed by atoms with Crippen LogP contribution in [0.5, 0.6) is 0 Å². The normalized spacial score (nSPS) is 9.96. The molecule has 0 atom stereocenters. The first-order chi connectivity index (χ1) is 13.3. The van der Waals surface area contributed by atoms with Crippen LogP contribution in [-0.2, 0) is 4.79 Å². The molecule has 0 rings (SSSR count). The molecule has 0 radical (unpaired) electrons. The zero-order chi connectivity index (χ0) is 19.8. The van der Waals surface area contributed by atoms with Crippen molar-refractivity contribution in [2.45, 2.75) is 129 Å². The Morgan fingerprint density at radius 2 is 0.963 bits per heavy atom. The molecule has 0 saturated carbocycles. The van der Waals surface area contributed by atoms with E-state index in [4.69, 9.17) is 5.11 Å². The van der Waals surface area contributed by atoms with Gasteiger partial charge in [0.05, 0.1) is 0 Å². The Bertz CT molecular complexity index is 444. The van der Waals surface area contributed by atoms with E-state index in [1.165, 1.54) is 77.0 Å². The summed E-state index contributed by atoms with van der Waals surface area (Å²) in [4.78, 5) is 10.4. The van der Waals surface area contributed by atoms with E-state index in [0.717, 1.165) is 38.5 Å². The van der Waals surface area contributed by atoms with Gasteiger partial charge in [-0.3, -0.25) is 4.79 Å². The standard InChI is InChI=1S/C25H42O2/c1-2-3-4-5-6-7-8-9-10-11-12-13-14-15-16-17-18-19-20-21-22-23-24-25(26)27/h2-11,16-24H2,1H3,(H,26,27). The van der Waals surface area contributed by atoms with Crippen LogP contribution < -0.4 is 0 Å². The van der Waals surface area contributed by atoms with Crippen LogP contribution in [-0.4, -0.2) is 11.1 Å². The fraction of sp³-hybridized carbons (Fsp3) is 0.800. The number of carboxylic acids is 1. The molecular formula is C25H42O2. The minimum absolute atomic E-state index is 0.315. The van der Waals surface area contributed by atoms with Gasteiger partial charge in [-0.05, 0) is 31.1 Å². The topological polar surface area (TPSA) is 37.3 Å². The second kappa shape index (κ2) is 22.6. The van der Waals surface area contributed by atoms with Crippen molar-refractivity contribution >= 4 is 5.97 Å². The van der Waals surface area contributed by atoms with Gasteiger partial charge < -0.3 is 5.11 Å². The van der Waals surface area contributed by atoms with Crippen molar-refractivity contribution in [2.24, 2.45) is 0 Å². The van der Waals surface area contributed by atoms with Gasteiger partial charge in [-0.1, -0.05) is 102 Å². The van der Waals surface area contributed by atoms with Crippen LogP contribution in [0.15, 0.2) is 0 Å². The van der Waals surface area contributed by atoms with Crippen LogP contribution in [0.25, 0.3) is 0 Å². The van der Waals surface area contributed by atoms with Gasteiger partial charge in [0.2, 0.25) is 0 Å². The lowest BCUT2D eigenvalue weighted by molar-refractivity contribution is -0.137. The summed E-state index contributed by atoms with van der Waals surface area (Å²) in [7, 11) is 0. The van der Waals surface area contributed by atoms with Gasteiger partial charge in [0, 0.05) is 19.3 Å². The first-order valence-electron chi connectivity index (χ1n) is 11.4. The third kappa shape index (κ3) is 24.6. The number of aliphatic carboxylic acids is 1. The molecule has 2 nitrogen and oxygen atoms in total. The number of carboxylic acid groups (broad SMARTS) is 1. The number of hydrogen-bond donors (Lipinski definition) is 1. The van der Waals surface area contributed by atoms with Crippen molar-refractivity contribution in [3.63, 3.8) is 0 Å². The highest BCUT2D eigenvalue weighted by atomic mass is 16.4. The summed E-state index contributed by atoms with van der Waals surface area (Å²) in [6.45, 7) is 2.27. The quantitative estimate of drug-likeness (QED) is 0.199. The summed E-state index contributed by atoms with van der Waals surface area (Å²) < 4.78 is 0. The minimum Gasteiger partial charge on any atom is -0.481 e. The molecule has 0 saturated heterocycles. The highest BCUT2D eigenvalue weighted by molar-refractivity contribution is 5.66. The highest BCUT2D eigenvalue weighted by Crippen LogP contribution is 2.10. The predicted octanol–water partition coefficient (Wildman–Crippen LogP) is 7.51. The Morgan fingerprint density at radius 1 is 0.593 bits per heavy atom. The first-order valence-corrected chi connectivity index (χ1v) is 11.4. The largest absolute Gasteiger partial charge is 0.481 e. The van der Waals surface area contributed by atoms with Crippen molar-refractivity contribution in [2.75, 3.05) is 0 Å². The number of rotatable bonds is 18. The van der Waals surface area contributed by atoms with Crippen molar-refractivity contribution in [3.05, 3.63) is 0 Å². The number of carbonyl (C=O) groups is 1. The van der Waals surface area contributed by atoms with Gasteiger partial charge in [0.1, 0.15) is 0 Å². The molecule has 154 valence electrons. The zero-order valence-corrected chi connectivity index (χ0v) is 17.8. The molecule has 0 spiro atoms. The van der Waals surface area contributed by atoms with E-state index < -0.39 is 5.97 Å². The summed E-state index contributed by atoms with van der Waals surface area (Å²) in [6.07, 6.45) is 22.3. The van der Waals surface area contributed by atoms with Crippen molar-refractivity contribution in [1.29, 1.82) is 0 Å². The molecular weight excluding hydrogens is 332 g/mol. The van der Waals surface area contributed by atoms with Crippen LogP contribution in [0.1, 0.15) is 129 Å². The monoisotopic (exact) mass is 374 g/mol. The van der Waals surface area contributed by atoms with Gasteiger partial charge in [0.15, 0.2) is 0 Å². The predicted molar refractivity (Wildman–Crippen MR) is 117 cm³/mol. The molecule has 2 heteroatoms. The molecule has 0 heterocycles. The summed E-state index contributed by atoms with van der Waals surface area (Å²) in [5, 5.41) is 8.56. The van der Waals surface area contributed by atoms with E-state index >= 15 is 0 Å². The van der Waals surface area contributed by atoms with Crippen LogP contribution in [0.3, 0.4) is 0 Å². The lowest BCUT2D eigenvalue weighted by atomic mass is 10.1. The van der Waals surface area contributed by atoms with Gasteiger partial charge in [-0.15, -0.1) is 0 Å². The van der Waals surface area contributed by atoms with E-state index in [2.05, 4.69) is 30.6 Å². The molecule has 0 aromatic rings. The molecule has 0 aliphatic carbocycles. The molecule has 0 unspecified atom stereocenters. The molecule has 0 fully saturated rings. The fourth-order valence-electron chi connectivity index (χ4n) is 3.11. The number of unbranched alkanes of at least 4 members (excludes halogenated alkanes) is 16. The Hall–Kier alpha value is -1.41. The second-order valence-corrected chi connectivity index (χ2v) is 7.55. The molecule has 0 aliphatic rings. The maximum absolute atomic E-state index is 10.4. The van der Waals surface area contributed by atoms with E-state index in [-0.39, 0.29) is 0 Å². The third-order valence-corrected chi connectivity index (χ3v) is 4.84. The zero-order valence-electron chi connectivity index (χ0n) is 17.8. The third-order valence-electron chi connectivity index (χ3n) is 4.84. The first kappa shape index (κ1) is 25.6.